The van der Waals surface area contributed by atoms with Gasteiger partial charge in [-0.1, -0.05) is 71.1 Å². The largest absolute Gasteiger partial charge is 0.460 e. The van der Waals surface area contributed by atoms with Crippen LogP contribution in [0.5, 0.6) is 0 Å². The fraction of sp³-hybridized carbons (Fsp3) is 0.780. The molecule has 1 N–H and O–H groups in total. The number of cyclic esters (lactones) is 1. The Hall–Kier alpha value is -3.22. The topological polar surface area (TPSA) is 209 Å². The molecule has 1 aliphatic carbocycles. The summed E-state index contributed by atoms with van der Waals surface area (Å²) in [6.45, 7) is 18.0. The molecular formula is C59H96NO16P. The molecule has 15 atom stereocenters. The van der Waals surface area contributed by atoms with Gasteiger partial charge in [-0.05, 0) is 107 Å². The number of hydrogen-bond donors (Lipinski definition) is 1. The first-order chi connectivity index (χ1) is 36.4. The van der Waals surface area contributed by atoms with Crippen LogP contribution in [-0.4, -0.2) is 169 Å². The molecule has 3 fully saturated rings. The molecule has 0 spiro atoms. The molecule has 0 aromatic carbocycles. The highest BCUT2D eigenvalue weighted by atomic mass is 31.2. The normalized spacial score (nSPS) is 36.4. The number of amides is 1. The maximum absolute atomic E-state index is 14.6. The zero-order chi connectivity index (χ0) is 57.0. The van der Waals surface area contributed by atoms with Crippen LogP contribution in [0, 0.1) is 35.5 Å². The summed E-state index contributed by atoms with van der Waals surface area (Å²) in [6, 6.07) is -1.10. The molecule has 1 amide bonds. The number of carbonyl (C=O) groups is 5. The Morgan fingerprint density at radius 2 is 1.52 bits per heavy atom. The summed E-state index contributed by atoms with van der Waals surface area (Å²) in [5, 5.41) is 12.1. The van der Waals surface area contributed by atoms with Gasteiger partial charge in [0.15, 0.2) is 18.9 Å². The van der Waals surface area contributed by atoms with Gasteiger partial charge in [-0.15, -0.1) is 0 Å². The highest BCUT2D eigenvalue weighted by molar-refractivity contribution is 7.57. The van der Waals surface area contributed by atoms with Crippen LogP contribution in [0.15, 0.2) is 47.6 Å². The molecule has 4 rings (SSSR count). The second-order valence-corrected chi connectivity index (χ2v) is 25.5. The first-order valence-electron chi connectivity index (χ1n) is 28.2. The van der Waals surface area contributed by atoms with E-state index in [1.165, 1.54) is 19.1 Å². The molecule has 77 heavy (non-hydrogen) atoms. The molecule has 0 unspecified atom stereocenters. The maximum Gasteiger partial charge on any atom is 0.329 e. The van der Waals surface area contributed by atoms with Crippen LogP contribution in [-0.2, 0) is 71.0 Å². The standard InChI is InChI=1S/C59H96NO16P/c1-38-19-15-14-16-20-39(2)51(73-30-29-72-28-27-68-8)35-46-24-22-44(7)59(66,75-46)37-49(62)57(64)60-26-18-17-21-47(60)58(65)74-52(41(4)33-45-23-25-50(53(34-45)69-9)76-77(12,13)67)36-48(61)40(3)32-43(6)55(70-10)56(71-11)54(63)42(5)31-38/h14-16,19-20,32,38,40-42,44-47,50-53,55-56,66H,17-18,21-31,33-37H2,1-13H3/b16-14+,19-15+,39-20+,43-32+/t38-,40-,41-,42-,44-,45+,46+,47+,50-,51-,52+,53-,55-,56+,59+/m1/s1. The number of rotatable bonds is 15. The molecule has 2 saturated heterocycles. The van der Waals surface area contributed by atoms with Gasteiger partial charge < -0.3 is 52.4 Å². The number of ether oxygens (including phenoxy) is 8. The molecular weight excluding hydrogens is 1010 g/mol. The van der Waals surface area contributed by atoms with E-state index in [0.717, 1.165) is 12.0 Å². The Morgan fingerprint density at radius 1 is 0.805 bits per heavy atom. The molecule has 3 aliphatic heterocycles. The van der Waals surface area contributed by atoms with E-state index in [4.69, 9.17) is 42.4 Å². The van der Waals surface area contributed by atoms with Gasteiger partial charge >= 0.3 is 5.97 Å². The Bertz CT molecular complexity index is 2080. The smallest absolute Gasteiger partial charge is 0.329 e. The van der Waals surface area contributed by atoms with Crippen LogP contribution < -0.4 is 0 Å². The third-order valence-corrected chi connectivity index (χ3v) is 16.8. The monoisotopic (exact) mass is 1110 g/mol. The molecule has 438 valence electrons. The summed E-state index contributed by atoms with van der Waals surface area (Å²) in [6.07, 6.45) is 12.5. The van der Waals surface area contributed by atoms with E-state index < -0.39 is 85.6 Å². The fourth-order valence-electron chi connectivity index (χ4n) is 11.4. The Balaban J connectivity index is 1.71. The van der Waals surface area contributed by atoms with Gasteiger partial charge in [0, 0.05) is 78.9 Å². The van der Waals surface area contributed by atoms with E-state index in [-0.39, 0.29) is 73.4 Å². The van der Waals surface area contributed by atoms with Crippen molar-refractivity contribution in [2.45, 2.75) is 186 Å². The van der Waals surface area contributed by atoms with Crippen LogP contribution in [0.25, 0.3) is 0 Å². The minimum absolute atomic E-state index is 0.0336. The molecule has 3 heterocycles. The quantitative estimate of drug-likeness (QED) is 0.0534. The number of aliphatic hydroxyl groups is 1. The summed E-state index contributed by atoms with van der Waals surface area (Å²) >= 11 is 0. The van der Waals surface area contributed by atoms with Crippen molar-refractivity contribution in [3.05, 3.63) is 47.6 Å². The number of Topliss-reactive ketones (excluding diaryl/α,β-unsaturated/α-hetero) is 3. The first-order valence-corrected chi connectivity index (χ1v) is 30.7. The number of hydrogen-bond acceptors (Lipinski definition) is 16. The molecule has 2 bridgehead atoms. The number of nitrogens with zero attached hydrogens (tertiary/aromatic N) is 1. The molecule has 0 aromatic heterocycles. The zero-order valence-corrected chi connectivity index (χ0v) is 49.6. The highest BCUT2D eigenvalue weighted by Crippen LogP contribution is 2.45. The van der Waals surface area contributed by atoms with Crippen molar-refractivity contribution in [3.8, 4) is 0 Å². The van der Waals surface area contributed by atoms with Crippen LogP contribution in [0.3, 0.4) is 0 Å². The van der Waals surface area contributed by atoms with Crippen molar-refractivity contribution in [1.29, 1.82) is 0 Å². The average Bonchev–Trinajstić information content (AvgIpc) is 3.38. The predicted molar refractivity (Wildman–Crippen MR) is 295 cm³/mol. The van der Waals surface area contributed by atoms with Gasteiger partial charge in [-0.3, -0.25) is 23.7 Å². The first kappa shape index (κ1) is 66.3. The van der Waals surface area contributed by atoms with Crippen LogP contribution in [0.1, 0.15) is 132 Å². The van der Waals surface area contributed by atoms with E-state index in [0.29, 0.717) is 83.2 Å². The van der Waals surface area contributed by atoms with Gasteiger partial charge in [-0.25, -0.2) is 4.79 Å². The molecule has 17 nitrogen and oxygen atoms in total. The van der Waals surface area contributed by atoms with Gasteiger partial charge in [0.05, 0.1) is 57.3 Å². The molecule has 0 aromatic rings. The lowest BCUT2D eigenvalue weighted by atomic mass is 9.78. The number of fused-ring (bicyclic) bond motifs is 3. The minimum Gasteiger partial charge on any atom is -0.460 e. The lowest BCUT2D eigenvalue weighted by molar-refractivity contribution is -0.282. The van der Waals surface area contributed by atoms with Gasteiger partial charge in [0.25, 0.3) is 5.91 Å². The van der Waals surface area contributed by atoms with Crippen molar-refractivity contribution in [2.24, 2.45) is 35.5 Å². The van der Waals surface area contributed by atoms with Crippen molar-refractivity contribution < 1.29 is 76.1 Å². The van der Waals surface area contributed by atoms with Crippen molar-refractivity contribution >= 4 is 36.6 Å². The molecule has 1 saturated carbocycles. The van der Waals surface area contributed by atoms with E-state index in [2.05, 4.69) is 0 Å². The summed E-state index contributed by atoms with van der Waals surface area (Å²) < 4.78 is 66.1. The van der Waals surface area contributed by atoms with E-state index in [1.54, 1.807) is 47.5 Å². The maximum atomic E-state index is 14.6. The summed E-state index contributed by atoms with van der Waals surface area (Å²) in [5.41, 5.74) is 1.53. The summed E-state index contributed by atoms with van der Waals surface area (Å²) in [5.74, 6) is -6.56. The number of piperidine rings is 1. The van der Waals surface area contributed by atoms with Crippen LogP contribution >= 0.6 is 7.37 Å². The Morgan fingerprint density at radius 3 is 2.19 bits per heavy atom. The second kappa shape index (κ2) is 32.3. The van der Waals surface area contributed by atoms with E-state index in [9.17, 15) is 33.6 Å². The van der Waals surface area contributed by atoms with Gasteiger partial charge in [-0.2, -0.15) is 0 Å². The summed E-state index contributed by atoms with van der Waals surface area (Å²) in [4.78, 5) is 72.9. The number of esters is 1. The zero-order valence-electron chi connectivity index (χ0n) is 48.7. The Kier molecular flexibility index (Phi) is 27.8. The number of ketones is 3. The fourth-order valence-corrected chi connectivity index (χ4v) is 12.3. The molecule has 0 radical (unpaired) electrons. The predicted octanol–water partition coefficient (Wildman–Crippen LogP) is 8.82. The third-order valence-electron chi connectivity index (χ3n) is 16.0. The molecule has 18 heteroatoms. The van der Waals surface area contributed by atoms with Crippen molar-refractivity contribution in [1.82, 2.24) is 4.90 Å². The number of carbonyl (C=O) groups excluding carboxylic acids is 5. The lowest BCUT2D eigenvalue weighted by Crippen LogP contribution is -2.54. The number of methoxy groups -OCH3 is 4. The van der Waals surface area contributed by atoms with E-state index >= 15 is 0 Å². The lowest BCUT2D eigenvalue weighted by Gasteiger charge is -2.43. The molecule has 4 aliphatic rings. The number of allylic oxidation sites excluding steroid dienone is 6. The van der Waals surface area contributed by atoms with Crippen LogP contribution in [0.2, 0.25) is 0 Å². The van der Waals surface area contributed by atoms with Crippen molar-refractivity contribution in [3.63, 3.8) is 0 Å². The third kappa shape index (κ3) is 20.7. The van der Waals surface area contributed by atoms with Gasteiger partial charge in [0.2, 0.25) is 5.78 Å². The van der Waals surface area contributed by atoms with Crippen molar-refractivity contribution in [2.75, 3.05) is 74.7 Å². The SMILES string of the molecule is COCCOCCO[C@@H]1C[C@@H]2CC[C@@H](C)[C@](O)(CC(=O)C(=O)N3CCCC[C@H]3C(=O)O[C@H]([C@H](C)C[C@@H]3CC[C@@H](OP(C)(C)=O)[C@H](OC)C3)CC(=O)[C@H](C)/C=C(\C)[C@@H](OC)[C@@H](OC)C(=O)[C@H](C)C[C@H](C)/C=C/C=C/C=C/1C)O2. The van der Waals surface area contributed by atoms with Crippen LogP contribution in [0.4, 0.5) is 0 Å². The summed E-state index contributed by atoms with van der Waals surface area (Å²) in [7, 11) is 3.41. The highest BCUT2D eigenvalue weighted by Gasteiger charge is 2.47. The minimum atomic E-state index is -2.79. The second-order valence-electron chi connectivity index (χ2n) is 22.8. The van der Waals surface area contributed by atoms with E-state index in [1.807, 2.05) is 65.0 Å². The Labute approximate surface area is 460 Å². The van der Waals surface area contributed by atoms with Gasteiger partial charge in [0.1, 0.15) is 30.1 Å². The average molecular weight is 1110 g/mol.